The van der Waals surface area contributed by atoms with Crippen LogP contribution in [-0.4, -0.2) is 35.9 Å². The Balaban J connectivity index is 1.46. The second-order valence-electron chi connectivity index (χ2n) is 8.54. The molecule has 5 heteroatoms. The third-order valence-electron chi connectivity index (χ3n) is 6.32. The van der Waals surface area contributed by atoms with Crippen molar-refractivity contribution in [2.45, 2.75) is 64.4 Å². The van der Waals surface area contributed by atoms with Crippen LogP contribution in [0.2, 0.25) is 0 Å². The van der Waals surface area contributed by atoms with Gasteiger partial charge in [0.25, 0.3) is 11.8 Å². The first-order valence-corrected chi connectivity index (χ1v) is 11.6. The van der Waals surface area contributed by atoms with E-state index in [1.54, 1.807) is 12.1 Å². The Morgan fingerprint density at radius 2 is 1.71 bits per heavy atom. The van der Waals surface area contributed by atoms with E-state index in [1.807, 2.05) is 30.0 Å². The Hall–Kier alpha value is -2.82. The lowest BCUT2D eigenvalue weighted by atomic mass is 9.92. The first kappa shape index (κ1) is 21.4. The molecule has 2 amide bonds. The summed E-state index contributed by atoms with van der Waals surface area (Å²) in [5.74, 6) is 0.499. The maximum Gasteiger partial charge on any atom is 0.265 e. The van der Waals surface area contributed by atoms with Crippen molar-refractivity contribution < 1.29 is 14.3 Å². The number of nitrogens with one attached hydrogen (secondary N) is 1. The standard InChI is InChI=1S/C26H32N2O3/c1-2-24(31-21-15-14-19-10-4-5-11-20(19)18-21)25(29)27-23-13-7-6-12-22(23)26(30)28-16-8-3-9-17-28/h6-7,12-15,18,24H,2-5,8-11,16-17H2,1H3,(H,27,29). The molecule has 4 rings (SSSR count). The van der Waals surface area contributed by atoms with Gasteiger partial charge in [0.2, 0.25) is 0 Å². The number of fused-ring (bicyclic) bond motifs is 1. The van der Waals surface area contributed by atoms with E-state index in [-0.39, 0.29) is 11.8 Å². The molecule has 0 spiro atoms. The van der Waals surface area contributed by atoms with Crippen LogP contribution in [-0.2, 0) is 17.6 Å². The van der Waals surface area contributed by atoms with Crippen molar-refractivity contribution in [2.75, 3.05) is 18.4 Å². The van der Waals surface area contributed by atoms with E-state index in [0.29, 0.717) is 17.7 Å². The van der Waals surface area contributed by atoms with Crippen LogP contribution in [0, 0.1) is 0 Å². The molecule has 1 aliphatic heterocycles. The van der Waals surface area contributed by atoms with E-state index in [1.165, 1.54) is 30.4 Å². The molecule has 2 aromatic rings. The lowest BCUT2D eigenvalue weighted by molar-refractivity contribution is -0.122. The van der Waals surface area contributed by atoms with Crippen LogP contribution >= 0.6 is 0 Å². The Morgan fingerprint density at radius 1 is 0.968 bits per heavy atom. The summed E-state index contributed by atoms with van der Waals surface area (Å²) >= 11 is 0. The molecule has 1 saturated heterocycles. The Morgan fingerprint density at radius 3 is 2.48 bits per heavy atom. The average Bonchev–Trinajstić information content (AvgIpc) is 2.82. The highest BCUT2D eigenvalue weighted by atomic mass is 16.5. The summed E-state index contributed by atoms with van der Waals surface area (Å²) in [6.45, 7) is 3.49. The summed E-state index contributed by atoms with van der Waals surface area (Å²) in [5.41, 5.74) is 3.81. The van der Waals surface area contributed by atoms with Gasteiger partial charge in [-0.2, -0.15) is 0 Å². The minimum atomic E-state index is -0.611. The maximum absolute atomic E-state index is 13.0. The lowest BCUT2D eigenvalue weighted by Crippen LogP contribution is -2.37. The number of amides is 2. The molecule has 1 N–H and O–H groups in total. The van der Waals surface area contributed by atoms with Crippen molar-refractivity contribution in [3.05, 3.63) is 59.2 Å². The number of rotatable bonds is 6. The predicted molar refractivity (Wildman–Crippen MR) is 123 cm³/mol. The SMILES string of the molecule is CCC(Oc1ccc2c(c1)CCCC2)C(=O)Nc1ccccc1C(=O)N1CCCCC1. The summed E-state index contributed by atoms with van der Waals surface area (Å²) in [7, 11) is 0. The Bertz CT molecular complexity index is 934. The van der Waals surface area contributed by atoms with Crippen molar-refractivity contribution in [3.63, 3.8) is 0 Å². The first-order chi connectivity index (χ1) is 15.2. The maximum atomic E-state index is 13.0. The zero-order chi connectivity index (χ0) is 21.6. The molecule has 1 atom stereocenters. The van der Waals surface area contributed by atoms with Gasteiger partial charge in [0.1, 0.15) is 5.75 Å². The average molecular weight is 421 g/mol. The molecule has 1 aliphatic carbocycles. The number of anilines is 1. The van der Waals surface area contributed by atoms with Crippen molar-refractivity contribution >= 4 is 17.5 Å². The highest BCUT2D eigenvalue weighted by Gasteiger charge is 2.24. The number of carbonyl (C=O) groups is 2. The fraction of sp³-hybridized carbons (Fsp3) is 0.462. The molecule has 1 unspecified atom stereocenters. The lowest BCUT2D eigenvalue weighted by Gasteiger charge is -2.27. The van der Waals surface area contributed by atoms with Gasteiger partial charge in [-0.05, 0) is 86.8 Å². The molecule has 31 heavy (non-hydrogen) atoms. The van der Waals surface area contributed by atoms with Crippen LogP contribution in [0.4, 0.5) is 5.69 Å². The molecule has 1 heterocycles. The van der Waals surface area contributed by atoms with Gasteiger partial charge in [0, 0.05) is 13.1 Å². The summed E-state index contributed by atoms with van der Waals surface area (Å²) < 4.78 is 6.07. The van der Waals surface area contributed by atoms with E-state index in [2.05, 4.69) is 17.4 Å². The predicted octanol–water partition coefficient (Wildman–Crippen LogP) is 4.99. The quantitative estimate of drug-likeness (QED) is 0.716. The Kier molecular flexibility index (Phi) is 6.90. The largest absolute Gasteiger partial charge is 0.481 e. The topological polar surface area (TPSA) is 58.6 Å². The number of para-hydroxylation sites is 1. The highest BCUT2D eigenvalue weighted by Crippen LogP contribution is 2.27. The minimum Gasteiger partial charge on any atom is -0.481 e. The van der Waals surface area contributed by atoms with Gasteiger partial charge in [-0.25, -0.2) is 0 Å². The smallest absolute Gasteiger partial charge is 0.265 e. The van der Waals surface area contributed by atoms with E-state index >= 15 is 0 Å². The second kappa shape index (κ2) is 9.99. The number of benzene rings is 2. The van der Waals surface area contributed by atoms with Crippen molar-refractivity contribution in [2.24, 2.45) is 0 Å². The summed E-state index contributed by atoms with van der Waals surface area (Å²) in [6, 6.07) is 13.4. The number of aryl methyl sites for hydroxylation is 2. The molecule has 1 fully saturated rings. The fourth-order valence-corrected chi connectivity index (χ4v) is 4.53. The minimum absolute atomic E-state index is 0.0146. The number of ether oxygens (including phenoxy) is 1. The fourth-order valence-electron chi connectivity index (χ4n) is 4.53. The van der Waals surface area contributed by atoms with Crippen molar-refractivity contribution in [1.29, 1.82) is 0 Å². The number of hydrogen-bond acceptors (Lipinski definition) is 3. The van der Waals surface area contributed by atoms with Crippen LogP contribution in [0.25, 0.3) is 0 Å². The van der Waals surface area contributed by atoms with Crippen LogP contribution < -0.4 is 10.1 Å². The van der Waals surface area contributed by atoms with Crippen LogP contribution in [0.15, 0.2) is 42.5 Å². The van der Waals surface area contributed by atoms with Gasteiger partial charge in [-0.1, -0.05) is 25.1 Å². The summed E-state index contributed by atoms with van der Waals surface area (Å²) in [5, 5.41) is 2.95. The van der Waals surface area contributed by atoms with Gasteiger partial charge >= 0.3 is 0 Å². The van der Waals surface area contributed by atoms with E-state index in [0.717, 1.165) is 44.5 Å². The van der Waals surface area contributed by atoms with Gasteiger partial charge in [-0.3, -0.25) is 9.59 Å². The van der Waals surface area contributed by atoms with E-state index in [4.69, 9.17) is 4.74 Å². The first-order valence-electron chi connectivity index (χ1n) is 11.6. The molecule has 0 saturated carbocycles. The molecule has 0 bridgehead atoms. The molecule has 0 radical (unpaired) electrons. The van der Waals surface area contributed by atoms with Crippen molar-refractivity contribution in [3.8, 4) is 5.75 Å². The van der Waals surface area contributed by atoms with Crippen molar-refractivity contribution in [1.82, 2.24) is 4.90 Å². The van der Waals surface area contributed by atoms with E-state index in [9.17, 15) is 9.59 Å². The molecule has 0 aromatic heterocycles. The molecule has 164 valence electrons. The normalized spacial score (nSPS) is 16.9. The zero-order valence-electron chi connectivity index (χ0n) is 18.4. The monoisotopic (exact) mass is 420 g/mol. The number of hydrogen-bond donors (Lipinski definition) is 1. The van der Waals surface area contributed by atoms with Crippen LogP contribution in [0.5, 0.6) is 5.75 Å². The Labute approximate surface area is 184 Å². The number of piperidine rings is 1. The number of carbonyl (C=O) groups excluding carboxylic acids is 2. The van der Waals surface area contributed by atoms with Gasteiger partial charge in [-0.15, -0.1) is 0 Å². The van der Waals surface area contributed by atoms with Gasteiger partial charge < -0.3 is 15.0 Å². The summed E-state index contributed by atoms with van der Waals surface area (Å²) in [6.07, 6.45) is 7.81. The van der Waals surface area contributed by atoms with E-state index < -0.39 is 6.10 Å². The zero-order valence-corrected chi connectivity index (χ0v) is 18.4. The number of likely N-dealkylation sites (tertiary alicyclic amines) is 1. The molecular formula is C26H32N2O3. The third kappa shape index (κ3) is 5.09. The van der Waals surface area contributed by atoms with Crippen LogP contribution in [0.3, 0.4) is 0 Å². The summed E-state index contributed by atoms with van der Waals surface area (Å²) in [4.78, 5) is 27.9. The molecule has 2 aromatic carbocycles. The highest BCUT2D eigenvalue weighted by molar-refractivity contribution is 6.04. The molecule has 2 aliphatic rings. The van der Waals surface area contributed by atoms with Gasteiger partial charge in [0.05, 0.1) is 11.3 Å². The van der Waals surface area contributed by atoms with Crippen LogP contribution in [0.1, 0.15) is 66.9 Å². The second-order valence-corrected chi connectivity index (χ2v) is 8.54. The molecule has 5 nitrogen and oxygen atoms in total. The molecular weight excluding hydrogens is 388 g/mol. The third-order valence-corrected chi connectivity index (χ3v) is 6.32. The number of nitrogens with zero attached hydrogens (tertiary/aromatic N) is 1. The van der Waals surface area contributed by atoms with Gasteiger partial charge in [0.15, 0.2) is 6.10 Å².